The summed E-state index contributed by atoms with van der Waals surface area (Å²) in [6, 6.07) is 0.0742. The average Bonchev–Trinajstić information content (AvgIpc) is 2.99. The van der Waals surface area contributed by atoms with Crippen LogP contribution in [0.25, 0.3) is 0 Å². The van der Waals surface area contributed by atoms with Crippen LogP contribution in [0.15, 0.2) is 0 Å². The SMILES string of the molecule is CCCCC1NC(CC(C)C)N(CC2CCCS2)C1=O. The fourth-order valence-corrected chi connectivity index (χ4v) is 4.50. The van der Waals surface area contributed by atoms with Crippen LogP contribution in [0.5, 0.6) is 0 Å². The molecule has 0 spiro atoms. The summed E-state index contributed by atoms with van der Waals surface area (Å²) >= 11 is 2.05. The molecule has 0 aliphatic carbocycles. The number of hydrogen-bond donors (Lipinski definition) is 1. The van der Waals surface area contributed by atoms with Gasteiger partial charge in [-0.3, -0.25) is 10.1 Å². The quantitative estimate of drug-likeness (QED) is 0.783. The van der Waals surface area contributed by atoms with Gasteiger partial charge in [0.25, 0.3) is 0 Å². The van der Waals surface area contributed by atoms with Crippen molar-refractivity contribution in [2.24, 2.45) is 5.92 Å². The number of amides is 1. The minimum Gasteiger partial charge on any atom is -0.325 e. The van der Waals surface area contributed by atoms with Gasteiger partial charge in [-0.25, -0.2) is 0 Å². The van der Waals surface area contributed by atoms with E-state index >= 15 is 0 Å². The van der Waals surface area contributed by atoms with Gasteiger partial charge in [0.15, 0.2) is 0 Å². The number of unbranched alkanes of at least 4 members (excludes halogenated alkanes) is 1. The molecule has 1 amide bonds. The minimum absolute atomic E-state index is 0.0742. The summed E-state index contributed by atoms with van der Waals surface area (Å²) < 4.78 is 0. The Morgan fingerprint density at radius 1 is 1.45 bits per heavy atom. The maximum atomic E-state index is 12.6. The molecule has 3 atom stereocenters. The van der Waals surface area contributed by atoms with Crippen molar-refractivity contribution < 1.29 is 4.79 Å². The van der Waals surface area contributed by atoms with E-state index in [9.17, 15) is 4.79 Å². The summed E-state index contributed by atoms with van der Waals surface area (Å²) in [5.74, 6) is 2.26. The first-order valence-electron chi connectivity index (χ1n) is 8.30. The van der Waals surface area contributed by atoms with Crippen LogP contribution in [-0.2, 0) is 4.79 Å². The van der Waals surface area contributed by atoms with Crippen molar-refractivity contribution in [3.05, 3.63) is 0 Å². The first kappa shape index (κ1) is 16.2. The second-order valence-corrected chi connectivity index (χ2v) is 8.04. The van der Waals surface area contributed by atoms with Crippen LogP contribution < -0.4 is 5.32 Å². The molecule has 2 rings (SSSR count). The third kappa shape index (κ3) is 4.14. The van der Waals surface area contributed by atoms with E-state index in [2.05, 4.69) is 31.0 Å². The first-order valence-corrected chi connectivity index (χ1v) is 9.34. The Morgan fingerprint density at radius 2 is 2.25 bits per heavy atom. The van der Waals surface area contributed by atoms with Crippen LogP contribution in [0.4, 0.5) is 0 Å². The molecule has 0 aromatic carbocycles. The second-order valence-electron chi connectivity index (χ2n) is 6.63. The van der Waals surface area contributed by atoms with Gasteiger partial charge in [-0.2, -0.15) is 11.8 Å². The number of carbonyl (C=O) groups excluding carboxylic acids is 1. The molecular formula is C16H30N2OS. The molecule has 2 heterocycles. The van der Waals surface area contributed by atoms with E-state index in [-0.39, 0.29) is 12.2 Å². The number of nitrogens with one attached hydrogen (secondary N) is 1. The molecule has 2 aliphatic rings. The lowest BCUT2D eigenvalue weighted by molar-refractivity contribution is -0.130. The van der Waals surface area contributed by atoms with Gasteiger partial charge in [0, 0.05) is 11.8 Å². The average molecular weight is 298 g/mol. The van der Waals surface area contributed by atoms with Crippen molar-refractivity contribution in [2.75, 3.05) is 12.3 Å². The molecule has 116 valence electrons. The maximum absolute atomic E-state index is 12.6. The number of hydrogen-bond acceptors (Lipinski definition) is 3. The summed E-state index contributed by atoms with van der Waals surface area (Å²) in [6.07, 6.45) is 7.25. The molecule has 3 unspecified atom stereocenters. The lowest BCUT2D eigenvalue weighted by Gasteiger charge is -2.27. The van der Waals surface area contributed by atoms with Crippen LogP contribution >= 0.6 is 11.8 Å². The van der Waals surface area contributed by atoms with Gasteiger partial charge >= 0.3 is 0 Å². The lowest BCUT2D eigenvalue weighted by atomic mass is 10.1. The highest BCUT2D eigenvalue weighted by Crippen LogP contribution is 2.29. The van der Waals surface area contributed by atoms with E-state index in [1.807, 2.05) is 11.8 Å². The molecule has 0 saturated carbocycles. The zero-order valence-electron chi connectivity index (χ0n) is 13.2. The third-order valence-corrected chi connectivity index (χ3v) is 5.70. The Balaban J connectivity index is 1.97. The van der Waals surface area contributed by atoms with Crippen molar-refractivity contribution in [3.8, 4) is 0 Å². The standard InChI is InChI=1S/C16H30N2OS/c1-4-5-8-14-16(19)18(11-13-7-6-9-20-13)15(17-14)10-12(2)3/h12-15,17H,4-11H2,1-3H3. The minimum atomic E-state index is 0.0742. The Morgan fingerprint density at radius 3 is 2.85 bits per heavy atom. The highest BCUT2D eigenvalue weighted by molar-refractivity contribution is 8.00. The molecule has 3 nitrogen and oxygen atoms in total. The smallest absolute Gasteiger partial charge is 0.241 e. The monoisotopic (exact) mass is 298 g/mol. The molecule has 0 radical (unpaired) electrons. The zero-order chi connectivity index (χ0) is 14.5. The van der Waals surface area contributed by atoms with Crippen LogP contribution in [0.1, 0.15) is 59.3 Å². The highest BCUT2D eigenvalue weighted by Gasteiger charge is 2.39. The molecule has 2 saturated heterocycles. The molecule has 0 aromatic heterocycles. The Hall–Kier alpha value is -0.220. The highest BCUT2D eigenvalue weighted by atomic mass is 32.2. The second kappa shape index (κ2) is 7.69. The number of nitrogens with zero attached hydrogens (tertiary/aromatic N) is 1. The molecular weight excluding hydrogens is 268 g/mol. The van der Waals surface area contributed by atoms with E-state index < -0.39 is 0 Å². The zero-order valence-corrected chi connectivity index (χ0v) is 14.0. The van der Waals surface area contributed by atoms with Crippen LogP contribution in [0.2, 0.25) is 0 Å². The molecule has 0 aromatic rings. The van der Waals surface area contributed by atoms with Gasteiger partial charge in [-0.15, -0.1) is 0 Å². The molecule has 1 N–H and O–H groups in total. The molecule has 0 bridgehead atoms. The van der Waals surface area contributed by atoms with Gasteiger partial charge < -0.3 is 4.90 Å². The summed E-state index contributed by atoms with van der Waals surface area (Å²) in [4.78, 5) is 14.8. The van der Waals surface area contributed by atoms with E-state index in [0.29, 0.717) is 17.1 Å². The maximum Gasteiger partial charge on any atom is 0.241 e. The summed E-state index contributed by atoms with van der Waals surface area (Å²) in [5, 5.41) is 4.27. The van der Waals surface area contributed by atoms with Crippen molar-refractivity contribution in [1.82, 2.24) is 10.2 Å². The first-order chi connectivity index (χ1) is 9.61. The predicted octanol–water partition coefficient (Wildman–Crippen LogP) is 3.24. The van der Waals surface area contributed by atoms with Crippen LogP contribution in [-0.4, -0.2) is 40.6 Å². The number of thioether (sulfide) groups is 1. The summed E-state index contributed by atoms with van der Waals surface area (Å²) in [6.45, 7) is 7.64. The normalized spacial score (nSPS) is 30.7. The lowest BCUT2D eigenvalue weighted by Crippen LogP contribution is -2.41. The fraction of sp³-hybridized carbons (Fsp3) is 0.938. The van der Waals surface area contributed by atoms with E-state index in [0.717, 1.165) is 25.8 Å². The van der Waals surface area contributed by atoms with Crippen molar-refractivity contribution in [1.29, 1.82) is 0 Å². The van der Waals surface area contributed by atoms with Crippen molar-refractivity contribution in [2.45, 2.75) is 76.8 Å². The largest absolute Gasteiger partial charge is 0.325 e. The Bertz CT molecular complexity index is 316. The Labute approximate surface area is 128 Å². The summed E-state index contributed by atoms with van der Waals surface area (Å²) in [7, 11) is 0. The third-order valence-electron chi connectivity index (χ3n) is 4.32. The van der Waals surface area contributed by atoms with Gasteiger partial charge in [-0.1, -0.05) is 33.6 Å². The molecule has 20 heavy (non-hydrogen) atoms. The topological polar surface area (TPSA) is 32.3 Å². The fourth-order valence-electron chi connectivity index (χ4n) is 3.23. The van der Waals surface area contributed by atoms with E-state index in [4.69, 9.17) is 0 Å². The van der Waals surface area contributed by atoms with Gasteiger partial charge in [0.2, 0.25) is 5.91 Å². The number of carbonyl (C=O) groups is 1. The van der Waals surface area contributed by atoms with Crippen LogP contribution in [0.3, 0.4) is 0 Å². The van der Waals surface area contributed by atoms with E-state index in [1.54, 1.807) is 0 Å². The molecule has 4 heteroatoms. The van der Waals surface area contributed by atoms with Crippen molar-refractivity contribution >= 4 is 17.7 Å². The molecule has 2 aliphatic heterocycles. The van der Waals surface area contributed by atoms with Crippen molar-refractivity contribution in [3.63, 3.8) is 0 Å². The van der Waals surface area contributed by atoms with Gasteiger partial charge in [0.05, 0.1) is 12.2 Å². The van der Waals surface area contributed by atoms with Gasteiger partial charge in [0.1, 0.15) is 0 Å². The van der Waals surface area contributed by atoms with Crippen LogP contribution in [0, 0.1) is 5.92 Å². The Kier molecular flexibility index (Phi) is 6.21. The predicted molar refractivity (Wildman–Crippen MR) is 86.9 cm³/mol. The number of rotatable bonds is 7. The molecule has 2 fully saturated rings. The summed E-state index contributed by atoms with van der Waals surface area (Å²) in [5.41, 5.74) is 0. The van der Waals surface area contributed by atoms with Gasteiger partial charge in [-0.05, 0) is 37.4 Å². The van der Waals surface area contributed by atoms with E-state index in [1.165, 1.54) is 25.0 Å².